The summed E-state index contributed by atoms with van der Waals surface area (Å²) < 4.78 is 0. The van der Waals surface area contributed by atoms with E-state index in [9.17, 15) is 9.59 Å². The normalized spacial score (nSPS) is 15.4. The van der Waals surface area contributed by atoms with E-state index >= 15 is 0 Å². The van der Waals surface area contributed by atoms with Crippen molar-refractivity contribution in [2.75, 3.05) is 13.6 Å². The average molecular weight is 338 g/mol. The molecule has 0 heterocycles. The third-order valence-corrected chi connectivity index (χ3v) is 4.22. The van der Waals surface area contributed by atoms with Crippen molar-refractivity contribution in [3.63, 3.8) is 0 Å². The van der Waals surface area contributed by atoms with Crippen LogP contribution in [0.5, 0.6) is 0 Å². The Hall–Kier alpha value is -1.59. The molecule has 0 aromatic heterocycles. The molecule has 0 bridgehead atoms. The Morgan fingerprint density at radius 2 is 1.83 bits per heavy atom. The standard InChI is InChI=1S/C17H24ClN3O2/c1-21(11-13-7-9-14(18)10-8-13)12-16(22)20-17(23)19-15-5-3-2-4-6-15/h7-10,15H,2-6,11-12H2,1H3,(H2,19,20,22,23). The number of hydrogen-bond donors (Lipinski definition) is 2. The van der Waals surface area contributed by atoms with Crippen LogP contribution in [0.15, 0.2) is 24.3 Å². The van der Waals surface area contributed by atoms with E-state index < -0.39 is 0 Å². The highest BCUT2D eigenvalue weighted by molar-refractivity contribution is 6.30. The van der Waals surface area contributed by atoms with Gasteiger partial charge in [-0.25, -0.2) is 4.79 Å². The van der Waals surface area contributed by atoms with Crippen LogP contribution in [0, 0.1) is 0 Å². The number of urea groups is 1. The molecule has 1 aromatic carbocycles. The van der Waals surface area contributed by atoms with Crippen molar-refractivity contribution in [2.45, 2.75) is 44.7 Å². The highest BCUT2D eigenvalue weighted by Gasteiger charge is 2.17. The maximum absolute atomic E-state index is 11.9. The maximum atomic E-state index is 11.9. The number of amides is 3. The minimum atomic E-state index is -0.387. The summed E-state index contributed by atoms with van der Waals surface area (Å²) in [6, 6.07) is 7.30. The van der Waals surface area contributed by atoms with E-state index in [0.29, 0.717) is 11.6 Å². The number of halogens is 1. The first-order valence-corrected chi connectivity index (χ1v) is 8.44. The molecule has 1 fully saturated rings. The van der Waals surface area contributed by atoms with Gasteiger partial charge in [-0.15, -0.1) is 0 Å². The van der Waals surface area contributed by atoms with E-state index in [1.807, 2.05) is 36.2 Å². The number of nitrogens with zero attached hydrogens (tertiary/aromatic N) is 1. The predicted molar refractivity (Wildman–Crippen MR) is 91.3 cm³/mol. The Labute approximate surface area is 142 Å². The van der Waals surface area contributed by atoms with Gasteiger partial charge in [0.15, 0.2) is 0 Å². The van der Waals surface area contributed by atoms with Gasteiger partial charge in [-0.1, -0.05) is 43.0 Å². The third kappa shape index (κ3) is 6.59. The van der Waals surface area contributed by atoms with Crippen LogP contribution in [0.3, 0.4) is 0 Å². The molecule has 0 spiro atoms. The highest BCUT2D eigenvalue weighted by Crippen LogP contribution is 2.17. The van der Waals surface area contributed by atoms with Crippen molar-refractivity contribution in [2.24, 2.45) is 0 Å². The molecule has 6 heteroatoms. The van der Waals surface area contributed by atoms with Gasteiger partial charge in [0.05, 0.1) is 6.54 Å². The first kappa shape index (κ1) is 17.8. The van der Waals surface area contributed by atoms with Gasteiger partial charge in [0.2, 0.25) is 5.91 Å². The summed E-state index contributed by atoms with van der Waals surface area (Å²) in [4.78, 5) is 25.6. The number of carbonyl (C=O) groups is 2. The molecule has 0 atom stereocenters. The van der Waals surface area contributed by atoms with Gasteiger partial charge < -0.3 is 5.32 Å². The number of benzene rings is 1. The van der Waals surface area contributed by atoms with Crippen molar-refractivity contribution in [1.29, 1.82) is 0 Å². The fourth-order valence-electron chi connectivity index (χ4n) is 2.84. The van der Waals surface area contributed by atoms with Crippen LogP contribution in [0.25, 0.3) is 0 Å². The van der Waals surface area contributed by atoms with Crippen LogP contribution in [-0.2, 0) is 11.3 Å². The Balaban J connectivity index is 1.70. The maximum Gasteiger partial charge on any atom is 0.321 e. The summed E-state index contributed by atoms with van der Waals surface area (Å²) in [6.07, 6.45) is 5.51. The molecule has 1 aromatic rings. The lowest BCUT2D eigenvalue weighted by atomic mass is 9.96. The quantitative estimate of drug-likeness (QED) is 0.868. The Morgan fingerprint density at radius 3 is 2.48 bits per heavy atom. The van der Waals surface area contributed by atoms with Crippen molar-refractivity contribution in [1.82, 2.24) is 15.5 Å². The van der Waals surface area contributed by atoms with Crippen LogP contribution in [-0.4, -0.2) is 36.5 Å². The number of rotatable bonds is 5. The van der Waals surface area contributed by atoms with E-state index in [2.05, 4.69) is 10.6 Å². The summed E-state index contributed by atoms with van der Waals surface area (Å²) in [7, 11) is 1.84. The van der Waals surface area contributed by atoms with Crippen LogP contribution >= 0.6 is 11.6 Å². The zero-order valence-corrected chi connectivity index (χ0v) is 14.2. The minimum Gasteiger partial charge on any atom is -0.335 e. The molecule has 1 saturated carbocycles. The molecule has 1 aliphatic carbocycles. The summed E-state index contributed by atoms with van der Waals surface area (Å²) in [6.45, 7) is 0.787. The highest BCUT2D eigenvalue weighted by atomic mass is 35.5. The monoisotopic (exact) mass is 337 g/mol. The van der Waals surface area contributed by atoms with Crippen molar-refractivity contribution in [3.05, 3.63) is 34.9 Å². The largest absolute Gasteiger partial charge is 0.335 e. The van der Waals surface area contributed by atoms with E-state index in [1.165, 1.54) is 6.42 Å². The second kappa shape index (κ2) is 8.89. The SMILES string of the molecule is CN(CC(=O)NC(=O)NC1CCCCC1)Cc1ccc(Cl)cc1. The first-order chi connectivity index (χ1) is 11.0. The van der Waals surface area contributed by atoms with Crippen molar-refractivity contribution < 1.29 is 9.59 Å². The molecule has 0 aliphatic heterocycles. The minimum absolute atomic E-state index is 0.167. The molecule has 0 radical (unpaired) electrons. The molecule has 126 valence electrons. The summed E-state index contributed by atoms with van der Waals surface area (Å²) in [5, 5.41) is 5.96. The zero-order chi connectivity index (χ0) is 16.7. The average Bonchev–Trinajstić information content (AvgIpc) is 2.50. The summed E-state index contributed by atoms with van der Waals surface area (Å²) in [5.41, 5.74) is 1.07. The van der Waals surface area contributed by atoms with Gasteiger partial charge >= 0.3 is 6.03 Å². The van der Waals surface area contributed by atoms with Gasteiger partial charge in [-0.3, -0.25) is 15.0 Å². The molecule has 0 saturated heterocycles. The van der Waals surface area contributed by atoms with Crippen LogP contribution < -0.4 is 10.6 Å². The molecular formula is C17H24ClN3O2. The van der Waals surface area contributed by atoms with Crippen molar-refractivity contribution >= 4 is 23.5 Å². The Bertz CT molecular complexity index is 527. The Kier molecular flexibility index (Phi) is 6.86. The van der Waals surface area contributed by atoms with E-state index in [1.54, 1.807) is 0 Å². The third-order valence-electron chi connectivity index (χ3n) is 3.97. The zero-order valence-electron chi connectivity index (χ0n) is 13.5. The number of nitrogens with one attached hydrogen (secondary N) is 2. The van der Waals surface area contributed by atoms with Crippen LogP contribution in [0.4, 0.5) is 4.79 Å². The smallest absolute Gasteiger partial charge is 0.321 e. The van der Waals surface area contributed by atoms with Gasteiger partial charge in [-0.05, 0) is 37.6 Å². The van der Waals surface area contributed by atoms with Crippen LogP contribution in [0.2, 0.25) is 5.02 Å². The van der Waals surface area contributed by atoms with E-state index in [-0.39, 0.29) is 24.5 Å². The molecule has 2 N–H and O–H groups in total. The predicted octanol–water partition coefficient (Wildman–Crippen LogP) is 2.93. The number of hydrogen-bond acceptors (Lipinski definition) is 3. The van der Waals surface area contributed by atoms with Gasteiger partial charge in [0, 0.05) is 17.6 Å². The second-order valence-corrected chi connectivity index (χ2v) is 6.59. The fourth-order valence-corrected chi connectivity index (χ4v) is 2.96. The number of carbonyl (C=O) groups excluding carboxylic acids is 2. The number of likely N-dealkylation sites (N-methyl/N-ethyl adjacent to an activating group) is 1. The lowest BCUT2D eigenvalue weighted by Crippen LogP contribution is -2.47. The topological polar surface area (TPSA) is 61.4 Å². The molecule has 3 amide bonds. The summed E-state index contributed by atoms with van der Waals surface area (Å²) in [5.74, 6) is -0.297. The number of imide groups is 1. The lowest BCUT2D eigenvalue weighted by Gasteiger charge is -2.23. The summed E-state index contributed by atoms with van der Waals surface area (Å²) >= 11 is 5.85. The van der Waals surface area contributed by atoms with Crippen molar-refractivity contribution in [3.8, 4) is 0 Å². The van der Waals surface area contributed by atoms with Gasteiger partial charge in [0.25, 0.3) is 0 Å². The lowest BCUT2D eigenvalue weighted by molar-refractivity contribution is -0.121. The molecule has 0 unspecified atom stereocenters. The molecule has 2 rings (SSSR count). The Morgan fingerprint density at radius 1 is 1.17 bits per heavy atom. The second-order valence-electron chi connectivity index (χ2n) is 6.16. The van der Waals surface area contributed by atoms with Crippen LogP contribution in [0.1, 0.15) is 37.7 Å². The first-order valence-electron chi connectivity index (χ1n) is 8.06. The van der Waals surface area contributed by atoms with E-state index in [0.717, 1.165) is 31.2 Å². The molecule has 5 nitrogen and oxygen atoms in total. The molecular weight excluding hydrogens is 314 g/mol. The van der Waals surface area contributed by atoms with Gasteiger partial charge in [0.1, 0.15) is 0 Å². The van der Waals surface area contributed by atoms with Gasteiger partial charge in [-0.2, -0.15) is 0 Å². The molecule has 23 heavy (non-hydrogen) atoms. The van der Waals surface area contributed by atoms with E-state index in [4.69, 9.17) is 11.6 Å². The molecule has 1 aliphatic rings. The fraction of sp³-hybridized carbons (Fsp3) is 0.529.